The van der Waals surface area contributed by atoms with Gasteiger partial charge in [-0.05, 0) is 68.5 Å². The van der Waals surface area contributed by atoms with Gasteiger partial charge >= 0.3 is 0 Å². The minimum absolute atomic E-state index is 0.0292. The molecule has 2 N–H and O–H groups in total. The van der Waals surface area contributed by atoms with Crippen LogP contribution in [0.4, 0.5) is 5.69 Å². The molecule has 3 atom stereocenters. The number of ether oxygens (including phenoxy) is 4. The molecule has 2 aromatic carbocycles. The summed E-state index contributed by atoms with van der Waals surface area (Å²) in [4.78, 5) is 2.38. The normalized spacial score (nSPS) is 22.1. The van der Waals surface area contributed by atoms with Crippen molar-refractivity contribution in [2.75, 3.05) is 52.0 Å². The number of rotatable bonds is 11. The molecule has 1 saturated heterocycles. The van der Waals surface area contributed by atoms with Crippen LogP contribution in [0.25, 0.3) is 0 Å². The maximum absolute atomic E-state index is 10.4. The highest BCUT2D eigenvalue weighted by Gasteiger charge is 2.34. The maximum atomic E-state index is 10.4. The van der Waals surface area contributed by atoms with Crippen molar-refractivity contribution >= 4 is 5.69 Å². The molecular weight excluding hydrogens is 456 g/mol. The van der Waals surface area contributed by atoms with Crippen LogP contribution in [0.1, 0.15) is 50.2 Å². The summed E-state index contributed by atoms with van der Waals surface area (Å²) < 4.78 is 23.1. The summed E-state index contributed by atoms with van der Waals surface area (Å²) in [5, 5.41) is 14.0. The Morgan fingerprint density at radius 3 is 2.67 bits per heavy atom. The van der Waals surface area contributed by atoms with E-state index in [-0.39, 0.29) is 18.1 Å². The van der Waals surface area contributed by atoms with Gasteiger partial charge in [0.15, 0.2) is 0 Å². The third-order valence-corrected chi connectivity index (χ3v) is 7.11. The molecule has 2 aromatic rings. The molecule has 0 aliphatic carbocycles. The Labute approximate surface area is 215 Å². The topological polar surface area (TPSA) is 72.4 Å². The van der Waals surface area contributed by atoms with Crippen LogP contribution >= 0.6 is 0 Å². The number of piperidine rings is 1. The van der Waals surface area contributed by atoms with Crippen molar-refractivity contribution in [1.82, 2.24) is 5.32 Å². The molecule has 198 valence electrons. The third kappa shape index (κ3) is 7.13. The summed E-state index contributed by atoms with van der Waals surface area (Å²) in [5.74, 6) is 2.02. The molecule has 0 bridgehead atoms. The zero-order chi connectivity index (χ0) is 25.5. The number of methoxy groups -OCH3 is 2. The number of nitrogens with one attached hydrogen (secondary N) is 1. The lowest BCUT2D eigenvalue weighted by Crippen LogP contribution is -2.49. The molecule has 0 amide bonds. The number of hydrogen-bond acceptors (Lipinski definition) is 7. The van der Waals surface area contributed by atoms with Gasteiger partial charge in [0.25, 0.3) is 0 Å². The van der Waals surface area contributed by atoms with Gasteiger partial charge in [-0.25, -0.2) is 0 Å². The molecule has 0 unspecified atom stereocenters. The number of nitrogens with zero attached hydrogens (tertiary/aromatic N) is 1. The van der Waals surface area contributed by atoms with Gasteiger partial charge in [0, 0.05) is 38.8 Å². The van der Waals surface area contributed by atoms with Crippen LogP contribution in [0.5, 0.6) is 11.5 Å². The first-order valence-corrected chi connectivity index (χ1v) is 13.1. The lowest BCUT2D eigenvalue weighted by Gasteiger charge is -2.39. The molecule has 0 aromatic heterocycles. The Balaban J connectivity index is 1.46. The van der Waals surface area contributed by atoms with Crippen molar-refractivity contribution in [2.24, 2.45) is 0 Å². The van der Waals surface area contributed by atoms with Crippen LogP contribution in [0, 0.1) is 0 Å². The SMILES string of the molecule is COCCCN1CCOc2ccc(CO[C@H]3CN[C@@H](CC(C)(C)O)C[C@@H]3c3ccc(OC)cc3)cc21. The van der Waals surface area contributed by atoms with Crippen molar-refractivity contribution in [3.05, 3.63) is 53.6 Å². The zero-order valence-electron chi connectivity index (χ0n) is 22.2. The Morgan fingerprint density at radius 2 is 1.94 bits per heavy atom. The molecule has 36 heavy (non-hydrogen) atoms. The van der Waals surface area contributed by atoms with Gasteiger partial charge in [0.1, 0.15) is 18.1 Å². The molecule has 2 aliphatic heterocycles. The minimum Gasteiger partial charge on any atom is -0.497 e. The van der Waals surface area contributed by atoms with E-state index in [0.717, 1.165) is 61.8 Å². The Hall–Kier alpha value is -2.32. The van der Waals surface area contributed by atoms with Gasteiger partial charge in [0.05, 0.1) is 37.7 Å². The smallest absolute Gasteiger partial charge is 0.142 e. The van der Waals surface area contributed by atoms with Gasteiger partial charge < -0.3 is 34.3 Å². The van der Waals surface area contributed by atoms with Crippen LogP contribution in [-0.2, 0) is 16.1 Å². The molecule has 2 aliphatic rings. The average Bonchev–Trinajstić information content (AvgIpc) is 2.87. The van der Waals surface area contributed by atoms with Crippen LogP contribution in [0.15, 0.2) is 42.5 Å². The lowest BCUT2D eigenvalue weighted by molar-refractivity contribution is -0.00898. The monoisotopic (exact) mass is 498 g/mol. The van der Waals surface area contributed by atoms with E-state index in [0.29, 0.717) is 19.6 Å². The fourth-order valence-electron chi connectivity index (χ4n) is 5.35. The van der Waals surface area contributed by atoms with Gasteiger partial charge in [-0.2, -0.15) is 0 Å². The van der Waals surface area contributed by atoms with Crippen molar-refractivity contribution in [2.45, 2.75) is 63.4 Å². The van der Waals surface area contributed by atoms with E-state index in [4.69, 9.17) is 18.9 Å². The van der Waals surface area contributed by atoms with Crippen molar-refractivity contribution in [3.8, 4) is 11.5 Å². The Bertz CT molecular complexity index is 959. The molecule has 2 heterocycles. The minimum atomic E-state index is -0.712. The summed E-state index contributed by atoms with van der Waals surface area (Å²) in [7, 11) is 3.43. The highest BCUT2D eigenvalue weighted by Crippen LogP contribution is 2.36. The Kier molecular flexibility index (Phi) is 9.12. The van der Waals surface area contributed by atoms with Gasteiger partial charge in [-0.15, -0.1) is 0 Å². The molecule has 0 spiro atoms. The first kappa shape index (κ1) is 26.7. The summed E-state index contributed by atoms with van der Waals surface area (Å²) in [6.07, 6.45) is 2.63. The summed E-state index contributed by atoms with van der Waals surface area (Å²) in [6, 6.07) is 14.9. The molecular formula is C29H42N2O5. The maximum Gasteiger partial charge on any atom is 0.142 e. The third-order valence-electron chi connectivity index (χ3n) is 7.11. The van der Waals surface area contributed by atoms with Crippen LogP contribution in [-0.4, -0.2) is 69.9 Å². The molecule has 1 fully saturated rings. The number of aliphatic hydroxyl groups is 1. The number of anilines is 1. The van der Waals surface area contributed by atoms with Crippen LogP contribution in [0.3, 0.4) is 0 Å². The molecule has 7 nitrogen and oxygen atoms in total. The molecule has 0 radical (unpaired) electrons. The second-order valence-electron chi connectivity index (χ2n) is 10.6. The molecule has 4 rings (SSSR count). The number of fused-ring (bicyclic) bond motifs is 1. The Morgan fingerprint density at radius 1 is 1.14 bits per heavy atom. The first-order valence-electron chi connectivity index (χ1n) is 13.1. The van der Waals surface area contributed by atoms with E-state index in [1.807, 2.05) is 26.0 Å². The predicted molar refractivity (Wildman–Crippen MR) is 142 cm³/mol. The lowest BCUT2D eigenvalue weighted by atomic mass is 9.81. The highest BCUT2D eigenvalue weighted by molar-refractivity contribution is 5.61. The average molecular weight is 499 g/mol. The highest BCUT2D eigenvalue weighted by atomic mass is 16.5. The predicted octanol–water partition coefficient (Wildman–Crippen LogP) is 4.12. The van der Waals surface area contributed by atoms with Crippen molar-refractivity contribution in [1.29, 1.82) is 0 Å². The van der Waals surface area contributed by atoms with E-state index in [9.17, 15) is 5.11 Å². The standard InChI is InChI=1S/C29H42N2O5/c1-29(2,32)18-23-17-25(22-7-9-24(34-4)10-8-22)28(19-30-23)36-20-21-6-11-27-26(16-21)31(13-15-35-27)12-5-14-33-3/h6-11,16,23,25,28,30,32H,5,12-15,17-20H2,1-4H3/t23-,25-,28+/m1/s1. The fraction of sp³-hybridized carbons (Fsp3) is 0.586. The summed E-state index contributed by atoms with van der Waals surface area (Å²) >= 11 is 0. The zero-order valence-corrected chi connectivity index (χ0v) is 22.2. The van der Waals surface area contributed by atoms with Gasteiger partial charge in [0.2, 0.25) is 0 Å². The number of hydrogen-bond donors (Lipinski definition) is 2. The van der Waals surface area contributed by atoms with Crippen molar-refractivity contribution < 1.29 is 24.1 Å². The van der Waals surface area contributed by atoms with Crippen LogP contribution < -0.4 is 19.7 Å². The van der Waals surface area contributed by atoms with E-state index >= 15 is 0 Å². The number of benzene rings is 2. The van der Waals surface area contributed by atoms with Crippen LogP contribution in [0.2, 0.25) is 0 Å². The van der Waals surface area contributed by atoms with E-state index in [1.54, 1.807) is 14.2 Å². The van der Waals surface area contributed by atoms with E-state index in [2.05, 4.69) is 40.5 Å². The van der Waals surface area contributed by atoms with E-state index in [1.165, 1.54) is 5.56 Å². The molecule has 0 saturated carbocycles. The largest absolute Gasteiger partial charge is 0.497 e. The second-order valence-corrected chi connectivity index (χ2v) is 10.6. The fourth-order valence-corrected chi connectivity index (χ4v) is 5.35. The summed E-state index contributed by atoms with van der Waals surface area (Å²) in [5.41, 5.74) is 2.81. The summed E-state index contributed by atoms with van der Waals surface area (Å²) in [6.45, 7) is 8.32. The second kappa shape index (κ2) is 12.3. The van der Waals surface area contributed by atoms with Crippen molar-refractivity contribution in [3.63, 3.8) is 0 Å². The quantitative estimate of drug-likeness (QED) is 0.452. The van der Waals surface area contributed by atoms with Gasteiger partial charge in [-0.1, -0.05) is 18.2 Å². The van der Waals surface area contributed by atoms with E-state index < -0.39 is 5.60 Å². The first-order chi connectivity index (χ1) is 17.4. The molecule has 7 heteroatoms. The van der Waals surface area contributed by atoms with Gasteiger partial charge in [-0.3, -0.25) is 0 Å².